The van der Waals surface area contributed by atoms with Gasteiger partial charge >= 0.3 is 0 Å². The summed E-state index contributed by atoms with van der Waals surface area (Å²) in [6.07, 6.45) is -13.3. The van der Waals surface area contributed by atoms with Crippen molar-refractivity contribution < 1.29 is 59.8 Å². The van der Waals surface area contributed by atoms with E-state index in [0.29, 0.717) is 5.56 Å². The molecular formula is C25H26O13. The first-order valence-corrected chi connectivity index (χ1v) is 11.7. The molecule has 3 aromatic rings. The summed E-state index contributed by atoms with van der Waals surface area (Å²) in [6.45, 7) is -0.966. The van der Waals surface area contributed by atoms with Crippen molar-refractivity contribution >= 4 is 11.0 Å². The molecule has 2 saturated heterocycles. The number of phenols is 3. The molecule has 3 heterocycles. The van der Waals surface area contributed by atoms with E-state index in [9.17, 15) is 50.8 Å². The van der Waals surface area contributed by atoms with Crippen molar-refractivity contribution in [1.29, 1.82) is 0 Å². The van der Waals surface area contributed by atoms with Crippen LogP contribution in [-0.4, -0.2) is 95.8 Å². The summed E-state index contributed by atoms with van der Waals surface area (Å²) in [5.74, 6) is -1.80. The van der Waals surface area contributed by atoms with Gasteiger partial charge in [-0.2, -0.15) is 0 Å². The van der Waals surface area contributed by atoms with Gasteiger partial charge in [0.2, 0.25) is 0 Å². The lowest BCUT2D eigenvalue weighted by Crippen LogP contribution is -2.49. The molecule has 0 aliphatic carbocycles. The summed E-state index contributed by atoms with van der Waals surface area (Å²) in [5.41, 5.74) is -1.86. The van der Waals surface area contributed by atoms with E-state index in [1.54, 1.807) is 0 Å². The Labute approximate surface area is 213 Å². The molecule has 2 aromatic carbocycles. The van der Waals surface area contributed by atoms with Crippen LogP contribution in [0.3, 0.4) is 0 Å². The molecule has 8 atom stereocenters. The predicted molar refractivity (Wildman–Crippen MR) is 126 cm³/mol. The van der Waals surface area contributed by atoms with E-state index in [1.165, 1.54) is 24.3 Å². The Bertz CT molecular complexity index is 1400. The van der Waals surface area contributed by atoms with Crippen LogP contribution in [0.4, 0.5) is 0 Å². The molecule has 0 spiro atoms. The van der Waals surface area contributed by atoms with Gasteiger partial charge in [0.1, 0.15) is 77.2 Å². The van der Waals surface area contributed by atoms with Gasteiger partial charge in [0.25, 0.3) is 0 Å². The number of aromatic hydroxyl groups is 3. The standard InChI is InChI=1S/C25H26O13/c26-9-3-1-8(2-4-9)13-5-10(27)14-19(32)15(24-21(34)17(30)11(28)6-36-24)20(33)16(23(14)38-13)25-22(35)18(31)12(29)7-37-25/h1-5,11-12,17-18,21-22,24-26,28-35H,6-7H2/t11-,12+,17-,18-,21+,22+,24-,25-/m1/s1. The highest BCUT2D eigenvalue weighted by molar-refractivity contribution is 5.91. The largest absolute Gasteiger partial charge is 0.508 e. The average Bonchev–Trinajstić information content (AvgIpc) is 2.88. The van der Waals surface area contributed by atoms with E-state index >= 15 is 0 Å². The Morgan fingerprint density at radius 3 is 1.76 bits per heavy atom. The molecule has 1 aromatic heterocycles. The second kappa shape index (κ2) is 9.80. The van der Waals surface area contributed by atoms with E-state index in [0.717, 1.165) is 6.07 Å². The third kappa shape index (κ3) is 4.19. The molecular weight excluding hydrogens is 508 g/mol. The van der Waals surface area contributed by atoms with Crippen LogP contribution in [0.1, 0.15) is 23.3 Å². The first kappa shape index (κ1) is 26.3. The fraction of sp³-hybridized carbons (Fsp3) is 0.400. The lowest BCUT2D eigenvalue weighted by molar-refractivity contribution is -0.191. The molecule has 2 aliphatic rings. The third-order valence-electron chi connectivity index (χ3n) is 6.92. The Hall–Kier alpha value is -3.27. The minimum Gasteiger partial charge on any atom is -0.508 e. The number of ether oxygens (including phenoxy) is 2. The number of phenolic OH excluding ortho intramolecular Hbond substituents is 3. The second-order valence-corrected chi connectivity index (χ2v) is 9.36. The van der Waals surface area contributed by atoms with Gasteiger partial charge in [-0.25, -0.2) is 0 Å². The van der Waals surface area contributed by atoms with Crippen LogP contribution < -0.4 is 5.43 Å². The molecule has 2 aliphatic heterocycles. The number of aliphatic hydroxyl groups excluding tert-OH is 6. The average molecular weight is 534 g/mol. The molecule has 0 radical (unpaired) electrons. The van der Waals surface area contributed by atoms with Gasteiger partial charge in [-0.05, 0) is 24.3 Å². The van der Waals surface area contributed by atoms with Crippen molar-refractivity contribution in [1.82, 2.24) is 0 Å². The van der Waals surface area contributed by atoms with Crippen molar-refractivity contribution in [3.05, 3.63) is 51.7 Å². The van der Waals surface area contributed by atoms with Crippen LogP contribution >= 0.6 is 0 Å². The Morgan fingerprint density at radius 1 is 0.684 bits per heavy atom. The van der Waals surface area contributed by atoms with Crippen LogP contribution in [0.25, 0.3) is 22.3 Å². The number of hydrogen-bond acceptors (Lipinski definition) is 13. The van der Waals surface area contributed by atoms with Gasteiger partial charge in [0.15, 0.2) is 11.0 Å². The SMILES string of the molecule is O=c1cc(-c2ccc(O)cc2)oc2c([C@H]3OC[C@H](O)[C@@H](O)[C@@H]3O)c(O)c([C@H]3OC[C@@H](O)[C@@H](O)[C@@H]3O)c(O)c12. The fourth-order valence-corrected chi connectivity index (χ4v) is 4.83. The minimum absolute atomic E-state index is 0.0475. The number of benzene rings is 2. The molecule has 204 valence electrons. The van der Waals surface area contributed by atoms with E-state index in [1.807, 2.05) is 0 Å². The zero-order chi connectivity index (χ0) is 27.5. The Kier molecular flexibility index (Phi) is 6.79. The van der Waals surface area contributed by atoms with Crippen molar-refractivity contribution in [2.75, 3.05) is 13.2 Å². The van der Waals surface area contributed by atoms with Crippen molar-refractivity contribution in [3.63, 3.8) is 0 Å². The monoisotopic (exact) mass is 534 g/mol. The van der Waals surface area contributed by atoms with Crippen LogP contribution in [0.15, 0.2) is 39.5 Å². The maximum absolute atomic E-state index is 13.3. The number of rotatable bonds is 3. The minimum atomic E-state index is -1.85. The van der Waals surface area contributed by atoms with Gasteiger partial charge in [-0.1, -0.05) is 0 Å². The summed E-state index contributed by atoms with van der Waals surface area (Å²) >= 11 is 0. The van der Waals surface area contributed by atoms with Crippen LogP contribution in [0.2, 0.25) is 0 Å². The predicted octanol–water partition coefficient (Wildman–Crippen LogP) is -1.12. The third-order valence-corrected chi connectivity index (χ3v) is 6.92. The van der Waals surface area contributed by atoms with Crippen molar-refractivity contribution in [2.24, 2.45) is 0 Å². The van der Waals surface area contributed by atoms with Gasteiger partial charge in [-0.3, -0.25) is 4.79 Å². The zero-order valence-corrected chi connectivity index (χ0v) is 19.6. The van der Waals surface area contributed by atoms with Gasteiger partial charge in [-0.15, -0.1) is 0 Å². The molecule has 0 saturated carbocycles. The number of fused-ring (bicyclic) bond motifs is 1. The lowest BCUT2D eigenvalue weighted by atomic mass is 9.87. The maximum atomic E-state index is 13.3. The Balaban J connectivity index is 1.80. The van der Waals surface area contributed by atoms with E-state index in [-0.39, 0.29) is 11.5 Å². The zero-order valence-electron chi connectivity index (χ0n) is 19.6. The Morgan fingerprint density at radius 2 is 1.21 bits per heavy atom. The normalized spacial score (nSPS) is 31.9. The van der Waals surface area contributed by atoms with Gasteiger partial charge in [0, 0.05) is 11.6 Å². The second-order valence-electron chi connectivity index (χ2n) is 9.36. The molecule has 13 heteroatoms. The van der Waals surface area contributed by atoms with Gasteiger partial charge < -0.3 is 59.8 Å². The highest BCUT2D eigenvalue weighted by Gasteiger charge is 2.46. The first-order chi connectivity index (χ1) is 18.0. The number of hydrogen-bond donors (Lipinski definition) is 9. The highest BCUT2D eigenvalue weighted by Crippen LogP contribution is 2.50. The van der Waals surface area contributed by atoms with Crippen LogP contribution in [0, 0.1) is 0 Å². The number of aliphatic hydroxyl groups is 6. The summed E-state index contributed by atoms with van der Waals surface area (Å²) in [4.78, 5) is 13.3. The molecule has 9 N–H and O–H groups in total. The summed E-state index contributed by atoms with van der Waals surface area (Å²) in [7, 11) is 0. The van der Waals surface area contributed by atoms with E-state index < -0.39 is 101 Å². The molecule has 2 fully saturated rings. The summed E-state index contributed by atoms with van der Waals surface area (Å²) < 4.78 is 16.8. The molecule has 5 rings (SSSR count). The molecule has 13 nitrogen and oxygen atoms in total. The summed E-state index contributed by atoms with van der Waals surface area (Å²) in [5, 5.41) is 93.1. The van der Waals surface area contributed by atoms with Crippen molar-refractivity contribution in [2.45, 2.75) is 48.8 Å². The summed E-state index contributed by atoms with van der Waals surface area (Å²) in [6, 6.07) is 6.60. The van der Waals surface area contributed by atoms with E-state index in [4.69, 9.17) is 13.9 Å². The molecule has 0 amide bonds. The highest BCUT2D eigenvalue weighted by atomic mass is 16.5. The van der Waals surface area contributed by atoms with Crippen LogP contribution in [0.5, 0.6) is 17.2 Å². The maximum Gasteiger partial charge on any atom is 0.197 e. The quantitative estimate of drug-likeness (QED) is 0.194. The lowest BCUT2D eigenvalue weighted by Gasteiger charge is -2.38. The first-order valence-electron chi connectivity index (χ1n) is 11.7. The fourth-order valence-electron chi connectivity index (χ4n) is 4.83. The molecule has 0 unspecified atom stereocenters. The van der Waals surface area contributed by atoms with Crippen molar-refractivity contribution in [3.8, 4) is 28.6 Å². The van der Waals surface area contributed by atoms with Crippen LogP contribution in [-0.2, 0) is 9.47 Å². The van der Waals surface area contributed by atoms with Gasteiger partial charge in [0.05, 0.1) is 24.3 Å². The molecule has 0 bridgehead atoms. The smallest absolute Gasteiger partial charge is 0.197 e. The topological polar surface area (TPSA) is 231 Å². The molecule has 38 heavy (non-hydrogen) atoms. The van der Waals surface area contributed by atoms with E-state index in [2.05, 4.69) is 0 Å².